The van der Waals surface area contributed by atoms with Gasteiger partial charge in [-0.05, 0) is 45.7 Å². The van der Waals surface area contributed by atoms with Crippen LogP contribution in [0, 0.1) is 18.8 Å². The Bertz CT molecular complexity index is 522. The minimum atomic E-state index is -0.313. The predicted molar refractivity (Wildman–Crippen MR) is 95.3 cm³/mol. The van der Waals surface area contributed by atoms with Gasteiger partial charge < -0.3 is 11.1 Å². The van der Waals surface area contributed by atoms with Crippen LogP contribution in [0.5, 0.6) is 0 Å². The van der Waals surface area contributed by atoms with Crippen molar-refractivity contribution in [3.05, 3.63) is 16.1 Å². The fourth-order valence-electron chi connectivity index (χ4n) is 2.88. The van der Waals surface area contributed by atoms with E-state index in [0.717, 1.165) is 43.2 Å². The Kier molecular flexibility index (Phi) is 6.17. The maximum Gasteiger partial charge on any atom is 0.223 e. The number of piperidine rings is 1. The molecule has 0 radical (unpaired) electrons. The number of likely N-dealkylation sites (tertiary alicyclic amines) is 1. The van der Waals surface area contributed by atoms with E-state index in [1.54, 1.807) is 11.3 Å². The third kappa shape index (κ3) is 4.75. The summed E-state index contributed by atoms with van der Waals surface area (Å²) in [6.07, 6.45) is 1.82. The highest BCUT2D eigenvalue weighted by atomic mass is 32.1. The Morgan fingerprint density at radius 1 is 1.52 bits per heavy atom. The lowest BCUT2D eigenvalue weighted by atomic mass is 9.86. The molecular weight excluding hydrogens is 308 g/mol. The molecule has 1 aliphatic heterocycles. The molecule has 1 fully saturated rings. The average molecular weight is 339 g/mol. The van der Waals surface area contributed by atoms with Gasteiger partial charge in [-0.2, -0.15) is 0 Å². The maximum atomic E-state index is 12.5. The lowest BCUT2D eigenvalue weighted by Crippen LogP contribution is -2.57. The highest BCUT2D eigenvalue weighted by Gasteiger charge is 2.32. The van der Waals surface area contributed by atoms with Gasteiger partial charge >= 0.3 is 0 Å². The van der Waals surface area contributed by atoms with Gasteiger partial charge in [0.2, 0.25) is 5.91 Å². The summed E-state index contributed by atoms with van der Waals surface area (Å²) in [6.45, 7) is 11.6. The number of rotatable bonds is 6. The summed E-state index contributed by atoms with van der Waals surface area (Å²) < 4.78 is 0. The molecule has 0 aliphatic carbocycles. The van der Waals surface area contributed by atoms with Crippen molar-refractivity contribution in [1.29, 1.82) is 0 Å². The summed E-state index contributed by atoms with van der Waals surface area (Å²) in [7, 11) is 0. The Morgan fingerprint density at radius 2 is 2.17 bits per heavy atom. The SMILES string of the molecule is Cc1nc(CN2CCC(C(=O)NC(C)(CN)C(C)C)CC2)cs1. The molecule has 1 atom stereocenters. The molecule has 0 bridgehead atoms. The van der Waals surface area contributed by atoms with Gasteiger partial charge in [0, 0.05) is 24.4 Å². The van der Waals surface area contributed by atoms with Crippen molar-refractivity contribution in [2.75, 3.05) is 19.6 Å². The number of hydrogen-bond acceptors (Lipinski definition) is 5. The minimum absolute atomic E-state index is 0.105. The van der Waals surface area contributed by atoms with Crippen LogP contribution in [0.3, 0.4) is 0 Å². The summed E-state index contributed by atoms with van der Waals surface area (Å²) >= 11 is 1.70. The molecule has 0 saturated carbocycles. The number of amides is 1. The van der Waals surface area contributed by atoms with E-state index in [4.69, 9.17) is 5.73 Å². The lowest BCUT2D eigenvalue weighted by Gasteiger charge is -2.37. The first-order chi connectivity index (χ1) is 10.8. The predicted octanol–water partition coefficient (Wildman–Crippen LogP) is 2.15. The van der Waals surface area contributed by atoms with Crippen molar-refractivity contribution in [2.45, 2.75) is 52.6 Å². The third-order valence-electron chi connectivity index (χ3n) is 5.12. The number of thiazole rings is 1. The molecule has 5 nitrogen and oxygen atoms in total. The Hall–Kier alpha value is -0.980. The molecule has 0 aromatic carbocycles. The van der Waals surface area contributed by atoms with Crippen LogP contribution >= 0.6 is 11.3 Å². The van der Waals surface area contributed by atoms with Gasteiger partial charge in [0.05, 0.1) is 16.2 Å². The molecular formula is C17H30N4OS. The quantitative estimate of drug-likeness (QED) is 0.834. The summed E-state index contributed by atoms with van der Waals surface area (Å²) in [4.78, 5) is 19.5. The normalized spacial score (nSPS) is 19.7. The molecule has 1 amide bonds. The van der Waals surface area contributed by atoms with E-state index in [-0.39, 0.29) is 17.4 Å². The number of nitrogens with zero attached hydrogens (tertiary/aromatic N) is 2. The second-order valence-electron chi connectivity index (χ2n) is 7.17. The van der Waals surface area contributed by atoms with E-state index in [0.29, 0.717) is 12.5 Å². The molecule has 1 saturated heterocycles. The van der Waals surface area contributed by atoms with Crippen LogP contribution in [0.1, 0.15) is 44.3 Å². The van der Waals surface area contributed by atoms with Crippen LogP contribution < -0.4 is 11.1 Å². The Labute approximate surface area is 143 Å². The lowest BCUT2D eigenvalue weighted by molar-refractivity contribution is -0.128. The van der Waals surface area contributed by atoms with Crippen LogP contribution in [0.4, 0.5) is 0 Å². The minimum Gasteiger partial charge on any atom is -0.349 e. The zero-order valence-electron chi connectivity index (χ0n) is 14.8. The molecule has 0 spiro atoms. The molecule has 1 aliphatic rings. The van der Waals surface area contributed by atoms with Crippen molar-refractivity contribution in [3.8, 4) is 0 Å². The second-order valence-corrected chi connectivity index (χ2v) is 8.24. The molecule has 6 heteroatoms. The van der Waals surface area contributed by atoms with Gasteiger partial charge in [-0.3, -0.25) is 9.69 Å². The van der Waals surface area contributed by atoms with Crippen molar-refractivity contribution in [3.63, 3.8) is 0 Å². The number of aryl methyl sites for hydroxylation is 1. The molecule has 1 aromatic heterocycles. The average Bonchev–Trinajstić information content (AvgIpc) is 2.92. The summed E-state index contributed by atoms with van der Waals surface area (Å²) in [6, 6.07) is 0. The van der Waals surface area contributed by atoms with Crippen LogP contribution in [-0.4, -0.2) is 41.0 Å². The van der Waals surface area contributed by atoms with Crippen LogP contribution in [0.2, 0.25) is 0 Å². The fraction of sp³-hybridized carbons (Fsp3) is 0.765. The summed E-state index contributed by atoms with van der Waals surface area (Å²) in [5, 5.41) is 6.43. The molecule has 1 unspecified atom stereocenters. The molecule has 3 N–H and O–H groups in total. The molecule has 2 heterocycles. The van der Waals surface area contributed by atoms with E-state index < -0.39 is 0 Å². The summed E-state index contributed by atoms with van der Waals surface area (Å²) in [5.41, 5.74) is 6.70. The van der Waals surface area contributed by atoms with Crippen molar-refractivity contribution in [2.24, 2.45) is 17.6 Å². The number of nitrogens with two attached hydrogens (primary N) is 1. The molecule has 23 heavy (non-hydrogen) atoms. The number of hydrogen-bond donors (Lipinski definition) is 2. The van der Waals surface area contributed by atoms with Crippen molar-refractivity contribution in [1.82, 2.24) is 15.2 Å². The standard InChI is InChI=1S/C17H30N4OS/c1-12(2)17(4,11-18)20-16(22)14-5-7-21(8-6-14)9-15-10-23-13(3)19-15/h10,12,14H,5-9,11,18H2,1-4H3,(H,20,22). The number of carbonyl (C=O) groups excluding carboxylic acids is 1. The Morgan fingerprint density at radius 3 is 2.65 bits per heavy atom. The largest absolute Gasteiger partial charge is 0.349 e. The van der Waals surface area contributed by atoms with E-state index >= 15 is 0 Å². The second kappa shape index (κ2) is 7.73. The first-order valence-corrected chi connectivity index (χ1v) is 9.37. The smallest absolute Gasteiger partial charge is 0.223 e. The maximum absolute atomic E-state index is 12.5. The number of nitrogens with one attached hydrogen (secondary N) is 1. The Balaban J connectivity index is 1.82. The highest BCUT2D eigenvalue weighted by Crippen LogP contribution is 2.22. The van der Waals surface area contributed by atoms with Crippen molar-refractivity contribution >= 4 is 17.2 Å². The van der Waals surface area contributed by atoms with E-state index in [1.807, 2.05) is 13.8 Å². The topological polar surface area (TPSA) is 71.2 Å². The molecule has 1 aromatic rings. The van der Waals surface area contributed by atoms with Gasteiger partial charge in [-0.25, -0.2) is 4.98 Å². The van der Waals surface area contributed by atoms with Crippen LogP contribution in [0.15, 0.2) is 5.38 Å². The molecule has 2 rings (SSSR count). The zero-order valence-corrected chi connectivity index (χ0v) is 15.6. The number of carbonyl (C=O) groups is 1. The van der Waals surface area contributed by atoms with Gasteiger partial charge in [-0.15, -0.1) is 11.3 Å². The van der Waals surface area contributed by atoms with Gasteiger partial charge in [0.15, 0.2) is 0 Å². The highest BCUT2D eigenvalue weighted by molar-refractivity contribution is 7.09. The first-order valence-electron chi connectivity index (χ1n) is 8.49. The summed E-state index contributed by atoms with van der Waals surface area (Å²) in [5.74, 6) is 0.591. The van der Waals surface area contributed by atoms with Crippen molar-refractivity contribution < 1.29 is 4.79 Å². The van der Waals surface area contributed by atoms with E-state index in [1.165, 1.54) is 0 Å². The van der Waals surface area contributed by atoms with Crippen LogP contribution in [-0.2, 0) is 11.3 Å². The van der Waals surface area contributed by atoms with Gasteiger partial charge in [-0.1, -0.05) is 13.8 Å². The monoisotopic (exact) mass is 338 g/mol. The third-order valence-corrected chi connectivity index (χ3v) is 5.94. The molecule has 130 valence electrons. The zero-order chi connectivity index (χ0) is 17.0. The fourth-order valence-corrected chi connectivity index (χ4v) is 3.48. The van der Waals surface area contributed by atoms with Crippen LogP contribution in [0.25, 0.3) is 0 Å². The van der Waals surface area contributed by atoms with Gasteiger partial charge in [0.1, 0.15) is 0 Å². The van der Waals surface area contributed by atoms with E-state index in [9.17, 15) is 4.79 Å². The van der Waals surface area contributed by atoms with Gasteiger partial charge in [0.25, 0.3) is 0 Å². The number of aromatic nitrogens is 1. The first kappa shape index (κ1) is 18.4. The van der Waals surface area contributed by atoms with E-state index in [2.05, 4.69) is 34.4 Å².